The van der Waals surface area contributed by atoms with Crippen LogP contribution in [0.3, 0.4) is 0 Å². The SMILES string of the molecule is CCC1CN(C(C)C(=O)N(CC)CC)CCC1O. The van der Waals surface area contributed by atoms with E-state index in [9.17, 15) is 9.90 Å². The number of likely N-dealkylation sites (tertiary alicyclic amines) is 1. The van der Waals surface area contributed by atoms with Crippen molar-refractivity contribution in [3.8, 4) is 0 Å². The van der Waals surface area contributed by atoms with Gasteiger partial charge in [0.25, 0.3) is 0 Å². The van der Waals surface area contributed by atoms with Crippen LogP contribution in [0.25, 0.3) is 0 Å². The molecule has 0 aromatic carbocycles. The first-order chi connectivity index (χ1) is 8.54. The molecule has 3 atom stereocenters. The summed E-state index contributed by atoms with van der Waals surface area (Å²) < 4.78 is 0. The minimum absolute atomic E-state index is 0.0635. The summed E-state index contributed by atoms with van der Waals surface area (Å²) in [6.07, 6.45) is 1.57. The van der Waals surface area contributed by atoms with Crippen molar-refractivity contribution in [3.05, 3.63) is 0 Å². The molecule has 3 unspecified atom stereocenters. The summed E-state index contributed by atoms with van der Waals surface area (Å²) in [5, 5.41) is 9.89. The third kappa shape index (κ3) is 3.45. The topological polar surface area (TPSA) is 43.8 Å². The van der Waals surface area contributed by atoms with E-state index in [1.807, 2.05) is 25.7 Å². The highest BCUT2D eigenvalue weighted by atomic mass is 16.3. The lowest BCUT2D eigenvalue weighted by Crippen LogP contribution is -2.52. The Morgan fingerprint density at radius 1 is 1.39 bits per heavy atom. The number of rotatable bonds is 5. The van der Waals surface area contributed by atoms with Crippen LogP contribution in [0.1, 0.15) is 40.5 Å². The second-order valence-electron chi connectivity index (χ2n) is 5.21. The van der Waals surface area contributed by atoms with Crippen LogP contribution in [-0.4, -0.2) is 59.1 Å². The second-order valence-corrected chi connectivity index (χ2v) is 5.21. The molecule has 18 heavy (non-hydrogen) atoms. The molecular formula is C14H28N2O2. The zero-order valence-electron chi connectivity index (χ0n) is 12.2. The highest BCUT2D eigenvalue weighted by Gasteiger charge is 2.32. The summed E-state index contributed by atoms with van der Waals surface area (Å²) in [7, 11) is 0. The molecule has 0 saturated carbocycles. The molecule has 1 N–H and O–H groups in total. The van der Waals surface area contributed by atoms with Crippen molar-refractivity contribution < 1.29 is 9.90 Å². The Morgan fingerprint density at radius 2 is 2.00 bits per heavy atom. The third-order valence-electron chi connectivity index (χ3n) is 4.23. The fourth-order valence-corrected chi connectivity index (χ4v) is 2.76. The Labute approximate surface area is 111 Å². The predicted octanol–water partition coefficient (Wildman–Crippen LogP) is 1.34. The average Bonchev–Trinajstić information content (AvgIpc) is 2.39. The van der Waals surface area contributed by atoms with Crippen molar-refractivity contribution in [1.82, 2.24) is 9.80 Å². The van der Waals surface area contributed by atoms with Crippen LogP contribution in [0, 0.1) is 5.92 Å². The molecule has 0 aromatic rings. The van der Waals surface area contributed by atoms with Crippen molar-refractivity contribution in [1.29, 1.82) is 0 Å². The first-order valence-corrected chi connectivity index (χ1v) is 7.25. The quantitative estimate of drug-likeness (QED) is 0.807. The molecule has 0 bridgehead atoms. The fraction of sp³-hybridized carbons (Fsp3) is 0.929. The van der Waals surface area contributed by atoms with Gasteiger partial charge in [-0.15, -0.1) is 0 Å². The second kappa shape index (κ2) is 7.10. The van der Waals surface area contributed by atoms with Crippen molar-refractivity contribution in [2.24, 2.45) is 5.92 Å². The third-order valence-corrected chi connectivity index (χ3v) is 4.23. The van der Waals surface area contributed by atoms with Crippen molar-refractivity contribution >= 4 is 5.91 Å². The number of aliphatic hydroxyl groups excluding tert-OH is 1. The van der Waals surface area contributed by atoms with E-state index < -0.39 is 0 Å². The monoisotopic (exact) mass is 256 g/mol. The van der Waals surface area contributed by atoms with Gasteiger partial charge in [-0.1, -0.05) is 6.92 Å². The van der Waals surface area contributed by atoms with Crippen molar-refractivity contribution in [2.45, 2.75) is 52.7 Å². The predicted molar refractivity (Wildman–Crippen MR) is 73.4 cm³/mol. The summed E-state index contributed by atoms with van der Waals surface area (Å²) in [5.74, 6) is 0.525. The molecule has 0 spiro atoms. The van der Waals surface area contributed by atoms with Gasteiger partial charge >= 0.3 is 0 Å². The fourth-order valence-electron chi connectivity index (χ4n) is 2.76. The summed E-state index contributed by atoms with van der Waals surface area (Å²) in [6.45, 7) is 11.3. The van der Waals surface area contributed by atoms with Crippen LogP contribution in [-0.2, 0) is 4.79 Å². The Balaban J connectivity index is 2.61. The molecule has 1 aliphatic heterocycles. The number of aliphatic hydroxyl groups is 1. The van der Waals surface area contributed by atoms with Gasteiger partial charge < -0.3 is 10.0 Å². The minimum Gasteiger partial charge on any atom is -0.393 e. The van der Waals surface area contributed by atoms with Gasteiger partial charge in [0.15, 0.2) is 0 Å². The Kier molecular flexibility index (Phi) is 6.09. The van der Waals surface area contributed by atoms with Gasteiger partial charge in [0.1, 0.15) is 0 Å². The van der Waals surface area contributed by atoms with Crippen molar-refractivity contribution in [3.63, 3.8) is 0 Å². The van der Waals surface area contributed by atoms with E-state index >= 15 is 0 Å². The number of piperidine rings is 1. The molecule has 1 amide bonds. The van der Waals surface area contributed by atoms with Gasteiger partial charge in [0, 0.05) is 26.2 Å². The molecule has 106 valence electrons. The maximum Gasteiger partial charge on any atom is 0.239 e. The number of carbonyl (C=O) groups excluding carboxylic acids is 1. The Bertz CT molecular complexity index is 267. The van der Waals surface area contributed by atoms with Crippen LogP contribution in [0.15, 0.2) is 0 Å². The van der Waals surface area contributed by atoms with E-state index in [2.05, 4.69) is 11.8 Å². The normalized spacial score (nSPS) is 26.9. The molecule has 1 saturated heterocycles. The molecule has 1 rings (SSSR count). The van der Waals surface area contributed by atoms with E-state index in [4.69, 9.17) is 0 Å². The number of likely N-dealkylation sites (N-methyl/N-ethyl adjacent to an activating group) is 1. The van der Waals surface area contributed by atoms with Crippen LogP contribution in [0.4, 0.5) is 0 Å². The lowest BCUT2D eigenvalue weighted by atomic mass is 9.91. The van der Waals surface area contributed by atoms with Gasteiger partial charge in [-0.05, 0) is 39.5 Å². The molecule has 1 aliphatic rings. The molecular weight excluding hydrogens is 228 g/mol. The summed E-state index contributed by atoms with van der Waals surface area (Å²) in [5.41, 5.74) is 0. The Morgan fingerprint density at radius 3 is 2.50 bits per heavy atom. The lowest BCUT2D eigenvalue weighted by Gasteiger charge is -2.39. The Hall–Kier alpha value is -0.610. The first kappa shape index (κ1) is 15.4. The standard InChI is InChI=1S/C14H28N2O2/c1-5-12-10-16(9-8-13(12)17)11(4)14(18)15(6-2)7-3/h11-13,17H,5-10H2,1-4H3. The summed E-state index contributed by atoms with van der Waals surface area (Å²) in [4.78, 5) is 16.4. The van der Waals surface area contributed by atoms with Gasteiger partial charge in [-0.25, -0.2) is 0 Å². The zero-order valence-corrected chi connectivity index (χ0v) is 12.2. The van der Waals surface area contributed by atoms with Gasteiger partial charge in [0.2, 0.25) is 5.91 Å². The first-order valence-electron chi connectivity index (χ1n) is 7.25. The highest BCUT2D eigenvalue weighted by Crippen LogP contribution is 2.22. The summed E-state index contributed by atoms with van der Waals surface area (Å²) >= 11 is 0. The molecule has 0 aromatic heterocycles. The number of hydrogen-bond donors (Lipinski definition) is 1. The van der Waals surface area contributed by atoms with E-state index in [1.54, 1.807) is 0 Å². The van der Waals surface area contributed by atoms with E-state index in [0.717, 1.165) is 39.0 Å². The number of nitrogens with zero attached hydrogens (tertiary/aromatic N) is 2. The summed E-state index contributed by atoms with van der Waals surface area (Å²) in [6, 6.07) is -0.0635. The maximum absolute atomic E-state index is 12.3. The molecule has 4 heteroatoms. The average molecular weight is 256 g/mol. The van der Waals surface area contributed by atoms with Crippen molar-refractivity contribution in [2.75, 3.05) is 26.2 Å². The highest BCUT2D eigenvalue weighted by molar-refractivity contribution is 5.81. The number of hydrogen-bond acceptors (Lipinski definition) is 3. The van der Waals surface area contributed by atoms with Crippen LogP contribution in [0.5, 0.6) is 0 Å². The van der Waals surface area contributed by atoms with Crippen LogP contribution in [0.2, 0.25) is 0 Å². The van der Waals surface area contributed by atoms with Crippen LogP contribution < -0.4 is 0 Å². The van der Waals surface area contributed by atoms with E-state index in [-0.39, 0.29) is 18.1 Å². The molecule has 1 fully saturated rings. The maximum atomic E-state index is 12.3. The van der Waals surface area contributed by atoms with Crippen LogP contribution >= 0.6 is 0 Å². The lowest BCUT2D eigenvalue weighted by molar-refractivity contribution is -0.137. The van der Waals surface area contributed by atoms with E-state index in [0.29, 0.717) is 5.92 Å². The van der Waals surface area contributed by atoms with Gasteiger partial charge in [0.05, 0.1) is 12.1 Å². The van der Waals surface area contributed by atoms with Gasteiger partial charge in [-0.3, -0.25) is 9.69 Å². The smallest absolute Gasteiger partial charge is 0.239 e. The molecule has 0 radical (unpaired) electrons. The number of amides is 1. The molecule has 0 aliphatic carbocycles. The molecule has 1 heterocycles. The van der Waals surface area contributed by atoms with Gasteiger partial charge in [-0.2, -0.15) is 0 Å². The zero-order chi connectivity index (χ0) is 13.7. The number of carbonyl (C=O) groups is 1. The largest absolute Gasteiger partial charge is 0.393 e. The van der Waals surface area contributed by atoms with E-state index in [1.165, 1.54) is 0 Å². The minimum atomic E-state index is -0.193. The molecule has 4 nitrogen and oxygen atoms in total.